The van der Waals surface area contributed by atoms with Crippen molar-refractivity contribution < 1.29 is 0 Å². The van der Waals surface area contributed by atoms with Crippen molar-refractivity contribution in [2.24, 2.45) is 5.73 Å². The molecule has 1 fully saturated rings. The van der Waals surface area contributed by atoms with Crippen LogP contribution in [0.5, 0.6) is 0 Å². The molecule has 0 heterocycles. The SMILES string of the molecule is Cc1ccc([C@H]2CC[C@@H]2N)c(C)c1. The summed E-state index contributed by atoms with van der Waals surface area (Å²) in [6.07, 6.45) is 2.46. The molecule has 1 aliphatic rings. The highest BCUT2D eigenvalue weighted by Crippen LogP contribution is 2.37. The van der Waals surface area contributed by atoms with E-state index in [2.05, 4.69) is 32.0 Å². The van der Waals surface area contributed by atoms with Crippen LogP contribution in [0.15, 0.2) is 18.2 Å². The Balaban J connectivity index is 2.30. The molecule has 2 atom stereocenters. The predicted octanol–water partition coefficient (Wildman–Crippen LogP) is 2.51. The molecule has 0 amide bonds. The molecule has 0 bridgehead atoms. The molecule has 2 N–H and O–H groups in total. The van der Waals surface area contributed by atoms with Crippen molar-refractivity contribution in [3.8, 4) is 0 Å². The van der Waals surface area contributed by atoms with Gasteiger partial charge in [-0.3, -0.25) is 0 Å². The fourth-order valence-corrected chi connectivity index (χ4v) is 2.15. The van der Waals surface area contributed by atoms with Crippen molar-refractivity contribution >= 4 is 0 Å². The largest absolute Gasteiger partial charge is 0.327 e. The summed E-state index contributed by atoms with van der Waals surface area (Å²) >= 11 is 0. The molecule has 13 heavy (non-hydrogen) atoms. The van der Waals surface area contributed by atoms with Crippen molar-refractivity contribution in [3.63, 3.8) is 0 Å². The minimum atomic E-state index is 0.404. The molecule has 0 radical (unpaired) electrons. The van der Waals surface area contributed by atoms with Crippen LogP contribution in [0, 0.1) is 13.8 Å². The van der Waals surface area contributed by atoms with Gasteiger partial charge in [0, 0.05) is 6.04 Å². The van der Waals surface area contributed by atoms with Crippen LogP contribution in [0.4, 0.5) is 0 Å². The topological polar surface area (TPSA) is 26.0 Å². The lowest BCUT2D eigenvalue weighted by atomic mass is 9.74. The van der Waals surface area contributed by atoms with Crippen LogP contribution in [0.25, 0.3) is 0 Å². The van der Waals surface area contributed by atoms with Gasteiger partial charge in [-0.1, -0.05) is 23.8 Å². The Morgan fingerprint density at radius 2 is 2.00 bits per heavy atom. The fraction of sp³-hybridized carbons (Fsp3) is 0.500. The first-order valence-corrected chi connectivity index (χ1v) is 5.01. The molecule has 2 rings (SSSR count). The van der Waals surface area contributed by atoms with E-state index in [1.54, 1.807) is 0 Å². The van der Waals surface area contributed by atoms with Crippen molar-refractivity contribution in [3.05, 3.63) is 34.9 Å². The number of aryl methyl sites for hydroxylation is 2. The van der Waals surface area contributed by atoms with Gasteiger partial charge in [0.15, 0.2) is 0 Å². The number of benzene rings is 1. The molecule has 0 aliphatic heterocycles. The Hall–Kier alpha value is -0.820. The third-order valence-electron chi connectivity index (χ3n) is 3.15. The molecule has 1 heteroatoms. The Morgan fingerprint density at radius 3 is 2.46 bits per heavy atom. The van der Waals surface area contributed by atoms with Crippen LogP contribution in [0.2, 0.25) is 0 Å². The van der Waals surface area contributed by atoms with Crippen molar-refractivity contribution in [1.82, 2.24) is 0 Å². The van der Waals surface area contributed by atoms with Gasteiger partial charge < -0.3 is 5.73 Å². The summed E-state index contributed by atoms with van der Waals surface area (Å²) in [5.41, 5.74) is 10.2. The molecule has 1 aliphatic carbocycles. The van der Waals surface area contributed by atoms with Crippen LogP contribution >= 0.6 is 0 Å². The summed E-state index contributed by atoms with van der Waals surface area (Å²) in [7, 11) is 0. The van der Waals surface area contributed by atoms with Crippen molar-refractivity contribution in [2.45, 2.75) is 38.6 Å². The lowest BCUT2D eigenvalue weighted by molar-refractivity contribution is 0.345. The third-order valence-corrected chi connectivity index (χ3v) is 3.15. The standard InChI is InChI=1S/C12H17N/c1-8-3-4-10(9(2)7-8)11-5-6-12(11)13/h3-4,7,11-12H,5-6,13H2,1-2H3/t11-,12+/m1/s1. The molecule has 0 saturated heterocycles. The highest BCUT2D eigenvalue weighted by Gasteiger charge is 2.29. The first-order chi connectivity index (χ1) is 6.18. The zero-order valence-corrected chi connectivity index (χ0v) is 8.38. The van der Waals surface area contributed by atoms with E-state index in [1.165, 1.54) is 29.5 Å². The smallest absolute Gasteiger partial charge is 0.0108 e. The van der Waals surface area contributed by atoms with Gasteiger partial charge in [0.1, 0.15) is 0 Å². The predicted molar refractivity (Wildman–Crippen MR) is 55.9 cm³/mol. The van der Waals surface area contributed by atoms with Crippen LogP contribution in [0.1, 0.15) is 35.4 Å². The summed E-state index contributed by atoms with van der Waals surface area (Å²) < 4.78 is 0. The molecule has 70 valence electrons. The molecule has 1 aromatic rings. The minimum Gasteiger partial charge on any atom is -0.327 e. The Kier molecular flexibility index (Phi) is 2.12. The Labute approximate surface area is 80.0 Å². The van der Waals surface area contributed by atoms with Gasteiger partial charge in [0.25, 0.3) is 0 Å². The second-order valence-electron chi connectivity index (χ2n) is 4.21. The van der Waals surface area contributed by atoms with E-state index in [4.69, 9.17) is 5.73 Å². The number of hydrogen-bond acceptors (Lipinski definition) is 1. The zero-order chi connectivity index (χ0) is 9.42. The Bertz CT molecular complexity index is 317. The molecule has 0 aromatic heterocycles. The molecule has 1 saturated carbocycles. The van der Waals surface area contributed by atoms with E-state index in [0.29, 0.717) is 12.0 Å². The van der Waals surface area contributed by atoms with Gasteiger partial charge in [0.05, 0.1) is 0 Å². The van der Waals surface area contributed by atoms with Crippen LogP contribution < -0.4 is 5.73 Å². The monoisotopic (exact) mass is 175 g/mol. The summed E-state index contributed by atoms with van der Waals surface area (Å²) in [4.78, 5) is 0. The maximum absolute atomic E-state index is 5.96. The fourth-order valence-electron chi connectivity index (χ4n) is 2.15. The average molecular weight is 175 g/mol. The van der Waals surface area contributed by atoms with Gasteiger partial charge in [-0.25, -0.2) is 0 Å². The van der Waals surface area contributed by atoms with E-state index in [0.717, 1.165) is 0 Å². The summed E-state index contributed by atoms with van der Waals surface area (Å²) in [6.45, 7) is 4.32. The summed E-state index contributed by atoms with van der Waals surface area (Å²) in [5.74, 6) is 0.626. The molecular weight excluding hydrogens is 158 g/mol. The first-order valence-electron chi connectivity index (χ1n) is 5.01. The molecule has 1 nitrogen and oxygen atoms in total. The van der Waals surface area contributed by atoms with Crippen molar-refractivity contribution in [2.75, 3.05) is 0 Å². The molecular formula is C12H17N. The summed E-state index contributed by atoms with van der Waals surface area (Å²) in [5, 5.41) is 0. The third kappa shape index (κ3) is 1.49. The van der Waals surface area contributed by atoms with Crippen LogP contribution in [0.3, 0.4) is 0 Å². The number of hydrogen-bond donors (Lipinski definition) is 1. The van der Waals surface area contributed by atoms with Crippen LogP contribution in [-0.4, -0.2) is 6.04 Å². The van der Waals surface area contributed by atoms with Crippen LogP contribution in [-0.2, 0) is 0 Å². The van der Waals surface area contributed by atoms with Gasteiger partial charge >= 0.3 is 0 Å². The highest BCUT2D eigenvalue weighted by molar-refractivity contribution is 5.35. The highest BCUT2D eigenvalue weighted by atomic mass is 14.7. The van der Waals surface area contributed by atoms with E-state index in [9.17, 15) is 0 Å². The van der Waals surface area contributed by atoms with Gasteiger partial charge in [0.2, 0.25) is 0 Å². The minimum absolute atomic E-state index is 0.404. The van der Waals surface area contributed by atoms with E-state index in [1.807, 2.05) is 0 Å². The average Bonchev–Trinajstić information content (AvgIpc) is 2.07. The summed E-state index contributed by atoms with van der Waals surface area (Å²) in [6, 6.07) is 7.09. The van der Waals surface area contributed by atoms with Gasteiger partial charge in [-0.15, -0.1) is 0 Å². The maximum Gasteiger partial charge on any atom is 0.0108 e. The lowest BCUT2D eigenvalue weighted by Crippen LogP contribution is -2.37. The lowest BCUT2D eigenvalue weighted by Gasteiger charge is -2.35. The van der Waals surface area contributed by atoms with Crippen molar-refractivity contribution in [1.29, 1.82) is 0 Å². The normalized spacial score (nSPS) is 27.0. The quantitative estimate of drug-likeness (QED) is 0.697. The number of rotatable bonds is 1. The molecule has 1 aromatic carbocycles. The second-order valence-corrected chi connectivity index (χ2v) is 4.21. The number of nitrogens with two attached hydrogens (primary N) is 1. The van der Waals surface area contributed by atoms with E-state index < -0.39 is 0 Å². The molecule has 0 spiro atoms. The zero-order valence-electron chi connectivity index (χ0n) is 8.38. The maximum atomic E-state index is 5.96. The first kappa shape index (κ1) is 8.76. The molecule has 0 unspecified atom stereocenters. The van der Waals surface area contributed by atoms with Gasteiger partial charge in [-0.2, -0.15) is 0 Å². The van der Waals surface area contributed by atoms with E-state index >= 15 is 0 Å². The Morgan fingerprint density at radius 1 is 1.23 bits per heavy atom. The van der Waals surface area contributed by atoms with E-state index in [-0.39, 0.29) is 0 Å². The van der Waals surface area contributed by atoms with Gasteiger partial charge in [-0.05, 0) is 43.7 Å². The second kappa shape index (κ2) is 3.15.